The highest BCUT2D eigenvalue weighted by Crippen LogP contribution is 2.35. The fourth-order valence-electron chi connectivity index (χ4n) is 3.35. The van der Waals surface area contributed by atoms with Crippen LogP contribution in [0.5, 0.6) is 6.08 Å². The molecule has 3 saturated heterocycles. The maximum atomic E-state index is 12.5. The van der Waals surface area contributed by atoms with Crippen LogP contribution in [0.4, 0.5) is 0 Å². The predicted octanol–water partition coefficient (Wildman–Crippen LogP) is 2.72. The molecule has 24 heavy (non-hydrogen) atoms. The lowest BCUT2D eigenvalue weighted by Gasteiger charge is -2.44. The smallest absolute Gasteiger partial charge is 0.394 e. The molecule has 3 fully saturated rings. The molecule has 1 atom stereocenters. The Balaban J connectivity index is 1.38. The molecule has 1 N–H and O–H groups in total. The first-order chi connectivity index (χ1) is 11.7. The van der Waals surface area contributed by atoms with Gasteiger partial charge in [0.1, 0.15) is 0 Å². The molecule has 2 bridgehead atoms. The van der Waals surface area contributed by atoms with Gasteiger partial charge in [-0.1, -0.05) is 0 Å². The fraction of sp³-hybridized carbons (Fsp3) is 0.500. The van der Waals surface area contributed by atoms with Crippen LogP contribution in [0, 0.1) is 5.92 Å². The summed E-state index contributed by atoms with van der Waals surface area (Å²) in [5.41, 5.74) is 0. The number of carbonyl (C=O) groups excluding carboxylic acids is 1. The molecule has 5 rings (SSSR count). The lowest BCUT2D eigenvalue weighted by molar-refractivity contribution is 0.0622. The van der Waals surface area contributed by atoms with Crippen LogP contribution in [0.2, 0.25) is 0 Å². The molecule has 3 aliphatic rings. The molecule has 0 radical (unpaired) electrons. The lowest BCUT2D eigenvalue weighted by Crippen LogP contribution is -2.57. The Hall–Kier alpha value is -1.51. The summed E-state index contributed by atoms with van der Waals surface area (Å²) in [5, 5.41) is 3.87. The number of nitrogens with one attached hydrogen (secondary N) is 1. The van der Waals surface area contributed by atoms with Crippen LogP contribution in [0.15, 0.2) is 32.0 Å². The number of nitrogens with zero attached hydrogens (tertiary/aromatic N) is 2. The molecule has 2 aromatic rings. The summed E-state index contributed by atoms with van der Waals surface area (Å²) in [4.78, 5) is 19.7. The first kappa shape index (κ1) is 16.0. The Labute approximate surface area is 148 Å². The van der Waals surface area contributed by atoms with E-state index in [1.807, 2.05) is 12.1 Å². The highest BCUT2D eigenvalue weighted by atomic mass is 32.2. The summed E-state index contributed by atoms with van der Waals surface area (Å²) in [5.74, 6) is 0.662. The second kappa shape index (κ2) is 6.78. The van der Waals surface area contributed by atoms with Crippen molar-refractivity contribution in [2.24, 2.45) is 5.92 Å². The molecule has 0 spiro atoms. The van der Waals surface area contributed by atoms with Crippen LogP contribution in [0.3, 0.4) is 0 Å². The summed E-state index contributed by atoms with van der Waals surface area (Å²) < 4.78 is 11.3. The third-order valence-corrected chi connectivity index (χ3v) is 6.72. The maximum absolute atomic E-state index is 12.5. The van der Waals surface area contributed by atoms with E-state index in [-0.39, 0.29) is 18.0 Å². The van der Waals surface area contributed by atoms with Crippen LogP contribution >= 0.6 is 23.1 Å². The van der Waals surface area contributed by atoms with Crippen LogP contribution in [-0.4, -0.2) is 48.6 Å². The van der Waals surface area contributed by atoms with Gasteiger partial charge in [0.25, 0.3) is 5.91 Å². The number of fused-ring (bicyclic) bond motifs is 3. The minimum Gasteiger partial charge on any atom is -0.453 e. The van der Waals surface area contributed by atoms with Gasteiger partial charge in [-0.15, -0.1) is 11.3 Å². The second-order valence-electron chi connectivity index (χ2n) is 6.09. The van der Waals surface area contributed by atoms with Gasteiger partial charge < -0.3 is 19.4 Å². The quantitative estimate of drug-likeness (QED) is 0.879. The Morgan fingerprint density at radius 3 is 2.96 bits per heavy atom. The summed E-state index contributed by atoms with van der Waals surface area (Å²) in [6.45, 7) is 3.34. The molecule has 6 nitrogen and oxygen atoms in total. The Kier molecular flexibility index (Phi) is 4.51. The van der Waals surface area contributed by atoms with Crippen molar-refractivity contribution in [3.63, 3.8) is 0 Å². The van der Waals surface area contributed by atoms with Crippen molar-refractivity contribution in [2.75, 3.05) is 26.7 Å². The van der Waals surface area contributed by atoms with E-state index >= 15 is 0 Å². The number of amides is 1. The molecule has 2 aromatic heterocycles. The number of ether oxygens (including phenoxy) is 1. The minimum atomic E-state index is 0.0285. The molecule has 0 saturated carbocycles. The average Bonchev–Trinajstić information content (AvgIpc) is 3.26. The first-order valence-corrected chi connectivity index (χ1v) is 9.65. The number of thiophene rings is 1. The topological polar surface area (TPSA) is 67.6 Å². The molecule has 0 unspecified atom stereocenters. The van der Waals surface area contributed by atoms with Crippen LogP contribution in [0.25, 0.3) is 0 Å². The second-order valence-corrected chi connectivity index (χ2v) is 8.48. The van der Waals surface area contributed by atoms with Gasteiger partial charge in [0.15, 0.2) is 5.09 Å². The Morgan fingerprint density at radius 2 is 2.29 bits per heavy atom. The van der Waals surface area contributed by atoms with Crippen molar-refractivity contribution in [2.45, 2.75) is 28.2 Å². The van der Waals surface area contributed by atoms with Gasteiger partial charge in [-0.25, -0.2) is 0 Å². The lowest BCUT2D eigenvalue weighted by atomic mass is 9.84. The van der Waals surface area contributed by atoms with Gasteiger partial charge in [-0.3, -0.25) is 4.79 Å². The number of methoxy groups -OCH3 is 1. The largest absolute Gasteiger partial charge is 0.453 e. The highest BCUT2D eigenvalue weighted by molar-refractivity contribution is 8.01. The summed E-state index contributed by atoms with van der Waals surface area (Å²) in [6, 6.07) is 4.10. The number of hydrogen-bond donors (Lipinski definition) is 1. The van der Waals surface area contributed by atoms with E-state index < -0.39 is 0 Å². The molecule has 3 aliphatic heterocycles. The minimum absolute atomic E-state index is 0.0285. The van der Waals surface area contributed by atoms with Crippen molar-refractivity contribution >= 4 is 29.0 Å². The summed E-state index contributed by atoms with van der Waals surface area (Å²) in [7, 11) is 1.52. The normalized spacial score (nSPS) is 25.6. The van der Waals surface area contributed by atoms with Crippen molar-refractivity contribution in [1.82, 2.24) is 15.2 Å². The first-order valence-electron chi connectivity index (χ1n) is 8.02. The van der Waals surface area contributed by atoms with Gasteiger partial charge in [-0.05, 0) is 55.7 Å². The Morgan fingerprint density at radius 1 is 1.46 bits per heavy atom. The summed E-state index contributed by atoms with van der Waals surface area (Å²) >= 11 is 2.91. The Bertz CT molecular complexity index is 722. The van der Waals surface area contributed by atoms with Gasteiger partial charge in [0, 0.05) is 12.6 Å². The standard InChI is InChI=1S/C16H19N3O3S2/c1-21-16-17-8-13(22-16)24-14-3-2-12(23-14)15(20)18-11-9-19-6-4-10(11)5-7-19/h2-3,8,10-11H,4-7,9H2,1H3,(H,18,20)/t11-/m0/s1. The predicted molar refractivity (Wildman–Crippen MR) is 91.9 cm³/mol. The zero-order chi connectivity index (χ0) is 16.5. The molecule has 8 heteroatoms. The summed E-state index contributed by atoms with van der Waals surface area (Å²) in [6.07, 6.45) is 4.26. The monoisotopic (exact) mass is 365 g/mol. The molecule has 0 aliphatic carbocycles. The number of aromatic nitrogens is 1. The zero-order valence-electron chi connectivity index (χ0n) is 13.4. The van der Waals surface area contributed by atoms with Crippen LogP contribution in [-0.2, 0) is 0 Å². The molecule has 1 amide bonds. The third kappa shape index (κ3) is 3.31. The average molecular weight is 365 g/mol. The van der Waals surface area contributed by atoms with E-state index in [4.69, 9.17) is 9.15 Å². The highest BCUT2D eigenvalue weighted by Gasteiger charge is 2.35. The van der Waals surface area contributed by atoms with E-state index in [9.17, 15) is 4.79 Å². The molecular formula is C16H19N3O3S2. The van der Waals surface area contributed by atoms with E-state index in [0.717, 1.165) is 15.6 Å². The van der Waals surface area contributed by atoms with Crippen molar-refractivity contribution in [3.8, 4) is 6.08 Å². The third-order valence-electron chi connectivity index (χ3n) is 4.62. The van der Waals surface area contributed by atoms with Crippen LogP contribution in [0.1, 0.15) is 22.5 Å². The van der Waals surface area contributed by atoms with Gasteiger partial charge in [-0.2, -0.15) is 4.98 Å². The van der Waals surface area contributed by atoms with E-state index in [2.05, 4.69) is 15.2 Å². The van der Waals surface area contributed by atoms with E-state index in [1.54, 1.807) is 6.20 Å². The molecular weight excluding hydrogens is 346 g/mol. The van der Waals surface area contributed by atoms with E-state index in [0.29, 0.717) is 11.0 Å². The molecule has 0 aromatic carbocycles. The van der Waals surface area contributed by atoms with Gasteiger partial charge in [0.2, 0.25) is 0 Å². The van der Waals surface area contributed by atoms with Gasteiger partial charge >= 0.3 is 6.08 Å². The number of piperidine rings is 3. The number of rotatable bonds is 5. The molecule has 128 valence electrons. The van der Waals surface area contributed by atoms with Crippen LogP contribution < -0.4 is 10.1 Å². The maximum Gasteiger partial charge on any atom is 0.394 e. The number of carbonyl (C=O) groups is 1. The van der Waals surface area contributed by atoms with E-state index in [1.165, 1.54) is 56.1 Å². The fourth-order valence-corrected chi connectivity index (χ4v) is 5.23. The van der Waals surface area contributed by atoms with Gasteiger partial charge in [0.05, 0.1) is 22.4 Å². The number of hydrogen-bond acceptors (Lipinski definition) is 7. The van der Waals surface area contributed by atoms with Crippen molar-refractivity contribution < 1.29 is 13.9 Å². The SMILES string of the molecule is COc1ncc(Sc2ccc(C(=O)N[C@H]3CN4CCC3CC4)s2)o1. The zero-order valence-corrected chi connectivity index (χ0v) is 15.0. The van der Waals surface area contributed by atoms with Crippen molar-refractivity contribution in [1.29, 1.82) is 0 Å². The molecule has 5 heterocycles. The number of oxazole rings is 1. The van der Waals surface area contributed by atoms with Crippen molar-refractivity contribution in [3.05, 3.63) is 23.2 Å².